The molecule has 8 heteroatoms. The summed E-state index contributed by atoms with van der Waals surface area (Å²) in [6.45, 7) is 11.7. The van der Waals surface area contributed by atoms with Crippen LogP contribution in [0.25, 0.3) is 0 Å². The van der Waals surface area contributed by atoms with Gasteiger partial charge in [-0.1, -0.05) is 6.07 Å². The quantitative estimate of drug-likeness (QED) is 0.531. The average Bonchev–Trinajstić information content (AvgIpc) is 3.19. The molecule has 1 aromatic rings. The van der Waals surface area contributed by atoms with Crippen LogP contribution in [-0.4, -0.2) is 62.1 Å². The molecule has 31 heavy (non-hydrogen) atoms. The lowest BCUT2D eigenvalue weighted by molar-refractivity contribution is 0.0170. The molecule has 0 bridgehead atoms. The van der Waals surface area contributed by atoms with Crippen LogP contribution in [-0.2, 0) is 11.2 Å². The summed E-state index contributed by atoms with van der Waals surface area (Å²) in [5, 5.41) is 6.71. The summed E-state index contributed by atoms with van der Waals surface area (Å²) in [6.07, 6.45) is 2.68. The lowest BCUT2D eigenvalue weighted by Gasteiger charge is -2.33. The number of carbonyl (C=O) groups is 1. The number of carbonyl (C=O) groups excluding carboxylic acids is 1. The maximum absolute atomic E-state index is 12.4. The summed E-state index contributed by atoms with van der Waals surface area (Å²) in [6, 6.07) is 6.05. The first kappa shape index (κ1) is 23.0. The third kappa shape index (κ3) is 7.22. The highest BCUT2D eigenvalue weighted by Crippen LogP contribution is 2.32. The minimum absolute atomic E-state index is 0.227. The predicted molar refractivity (Wildman–Crippen MR) is 121 cm³/mol. The molecule has 2 N–H and O–H groups in total. The number of piperidine rings is 1. The van der Waals surface area contributed by atoms with Gasteiger partial charge >= 0.3 is 6.09 Å². The van der Waals surface area contributed by atoms with Gasteiger partial charge < -0.3 is 29.7 Å². The van der Waals surface area contributed by atoms with Crippen molar-refractivity contribution in [1.29, 1.82) is 0 Å². The molecule has 1 fully saturated rings. The Balaban J connectivity index is 1.47. The van der Waals surface area contributed by atoms with E-state index in [9.17, 15) is 4.79 Å². The van der Waals surface area contributed by atoms with E-state index in [4.69, 9.17) is 19.2 Å². The number of ether oxygens (including phenoxy) is 3. The van der Waals surface area contributed by atoms with E-state index in [1.165, 1.54) is 5.56 Å². The van der Waals surface area contributed by atoms with Crippen LogP contribution in [0, 0.1) is 5.92 Å². The van der Waals surface area contributed by atoms with Crippen molar-refractivity contribution in [3.8, 4) is 11.5 Å². The molecule has 8 nitrogen and oxygen atoms in total. The summed E-state index contributed by atoms with van der Waals surface area (Å²) in [5.74, 6) is 2.76. The van der Waals surface area contributed by atoms with Crippen molar-refractivity contribution >= 4 is 12.1 Å². The van der Waals surface area contributed by atoms with Crippen LogP contribution >= 0.6 is 0 Å². The molecule has 1 unspecified atom stereocenters. The number of benzene rings is 1. The van der Waals surface area contributed by atoms with Gasteiger partial charge in [0.25, 0.3) is 0 Å². The number of nitrogens with one attached hydrogen (secondary N) is 2. The number of aliphatic imine (C=N–C) groups is 1. The van der Waals surface area contributed by atoms with E-state index in [0.717, 1.165) is 56.4 Å². The SMILES string of the molecule is CCNC(=NCC1CCCN(C(=O)OC(C)(C)C)C1)NCCc1ccc2c(c1)OCO2. The van der Waals surface area contributed by atoms with Gasteiger partial charge in [0, 0.05) is 32.7 Å². The van der Waals surface area contributed by atoms with Gasteiger partial charge in [-0.15, -0.1) is 0 Å². The van der Waals surface area contributed by atoms with E-state index >= 15 is 0 Å². The minimum Gasteiger partial charge on any atom is -0.454 e. The van der Waals surface area contributed by atoms with Crippen LogP contribution in [0.2, 0.25) is 0 Å². The van der Waals surface area contributed by atoms with Gasteiger partial charge in [-0.25, -0.2) is 4.79 Å². The number of rotatable bonds is 6. The van der Waals surface area contributed by atoms with Crippen LogP contribution in [0.3, 0.4) is 0 Å². The summed E-state index contributed by atoms with van der Waals surface area (Å²) in [4.78, 5) is 19.0. The molecule has 3 rings (SSSR count). The maximum atomic E-state index is 12.4. The molecule has 2 aliphatic rings. The van der Waals surface area contributed by atoms with E-state index in [1.807, 2.05) is 37.8 Å². The van der Waals surface area contributed by atoms with Crippen LogP contribution in [0.1, 0.15) is 46.1 Å². The molecule has 2 heterocycles. The Kier molecular flexibility index (Phi) is 7.87. The molecule has 0 saturated carbocycles. The predicted octanol–water partition coefficient (Wildman–Crippen LogP) is 3.16. The van der Waals surface area contributed by atoms with Crippen LogP contribution in [0.15, 0.2) is 23.2 Å². The van der Waals surface area contributed by atoms with Crippen molar-refractivity contribution in [1.82, 2.24) is 15.5 Å². The minimum atomic E-state index is -0.470. The fourth-order valence-electron chi connectivity index (χ4n) is 3.69. The van der Waals surface area contributed by atoms with Gasteiger partial charge in [-0.3, -0.25) is 4.99 Å². The Morgan fingerprint density at radius 2 is 2.06 bits per heavy atom. The molecule has 1 aromatic carbocycles. The van der Waals surface area contributed by atoms with Crippen molar-refractivity contribution in [2.24, 2.45) is 10.9 Å². The smallest absolute Gasteiger partial charge is 0.410 e. The first-order valence-electron chi connectivity index (χ1n) is 11.2. The number of guanidine groups is 1. The highest BCUT2D eigenvalue weighted by Gasteiger charge is 2.27. The molecule has 0 aliphatic carbocycles. The molecule has 0 spiro atoms. The summed E-state index contributed by atoms with van der Waals surface area (Å²) in [5.41, 5.74) is 0.718. The third-order valence-corrected chi connectivity index (χ3v) is 5.17. The first-order chi connectivity index (χ1) is 14.8. The standard InChI is InChI=1S/C23H36N4O4/c1-5-24-21(25-11-10-17-8-9-19-20(13-17)30-16-29-19)26-14-18-7-6-12-27(15-18)22(28)31-23(2,3)4/h8-9,13,18H,5-7,10-12,14-16H2,1-4H3,(H2,24,25,26). The average molecular weight is 433 g/mol. The van der Waals surface area contributed by atoms with Gasteiger partial charge in [-0.2, -0.15) is 0 Å². The first-order valence-corrected chi connectivity index (χ1v) is 11.2. The zero-order chi connectivity index (χ0) is 22.3. The fraction of sp³-hybridized carbons (Fsp3) is 0.652. The number of hydrogen-bond donors (Lipinski definition) is 2. The van der Waals surface area contributed by atoms with Crippen molar-refractivity contribution < 1.29 is 19.0 Å². The van der Waals surface area contributed by atoms with Gasteiger partial charge in [-0.05, 0) is 70.6 Å². The number of amides is 1. The number of likely N-dealkylation sites (tertiary alicyclic amines) is 1. The van der Waals surface area contributed by atoms with Crippen LogP contribution < -0.4 is 20.1 Å². The summed E-state index contributed by atoms with van der Waals surface area (Å²) >= 11 is 0. The monoisotopic (exact) mass is 432 g/mol. The Bertz CT molecular complexity index is 775. The maximum Gasteiger partial charge on any atom is 0.410 e. The molecule has 0 aromatic heterocycles. The molecule has 0 radical (unpaired) electrons. The van der Waals surface area contributed by atoms with Gasteiger partial charge in [0.15, 0.2) is 17.5 Å². The number of nitrogens with zero attached hydrogens (tertiary/aromatic N) is 2. The Morgan fingerprint density at radius 3 is 2.84 bits per heavy atom. The molecule has 1 amide bonds. The Hall–Kier alpha value is -2.64. The molecular weight excluding hydrogens is 396 g/mol. The third-order valence-electron chi connectivity index (χ3n) is 5.17. The Labute approximate surface area is 185 Å². The lowest BCUT2D eigenvalue weighted by Crippen LogP contribution is -2.44. The highest BCUT2D eigenvalue weighted by molar-refractivity contribution is 5.79. The summed E-state index contributed by atoms with van der Waals surface area (Å²) < 4.78 is 16.3. The zero-order valence-corrected chi connectivity index (χ0v) is 19.2. The van der Waals surface area contributed by atoms with Crippen molar-refractivity contribution in [3.63, 3.8) is 0 Å². The zero-order valence-electron chi connectivity index (χ0n) is 19.2. The van der Waals surface area contributed by atoms with Crippen molar-refractivity contribution in [3.05, 3.63) is 23.8 Å². The Morgan fingerprint density at radius 1 is 1.26 bits per heavy atom. The number of hydrogen-bond acceptors (Lipinski definition) is 5. The van der Waals surface area contributed by atoms with Crippen molar-refractivity contribution in [2.75, 3.05) is 39.5 Å². The van der Waals surface area contributed by atoms with Crippen LogP contribution in [0.4, 0.5) is 4.79 Å². The van der Waals surface area contributed by atoms with Crippen LogP contribution in [0.5, 0.6) is 11.5 Å². The van der Waals surface area contributed by atoms with E-state index in [2.05, 4.69) is 23.6 Å². The molecule has 2 aliphatic heterocycles. The highest BCUT2D eigenvalue weighted by atomic mass is 16.7. The van der Waals surface area contributed by atoms with E-state index in [-0.39, 0.29) is 6.09 Å². The number of fused-ring (bicyclic) bond motifs is 1. The van der Waals surface area contributed by atoms with E-state index in [0.29, 0.717) is 25.8 Å². The second kappa shape index (κ2) is 10.6. The molecule has 1 atom stereocenters. The van der Waals surface area contributed by atoms with Gasteiger partial charge in [0.05, 0.1) is 0 Å². The molecule has 1 saturated heterocycles. The topological polar surface area (TPSA) is 84.4 Å². The second-order valence-corrected chi connectivity index (χ2v) is 9.02. The van der Waals surface area contributed by atoms with Gasteiger partial charge in [0.2, 0.25) is 6.79 Å². The molecular formula is C23H36N4O4. The lowest BCUT2D eigenvalue weighted by atomic mass is 9.98. The van der Waals surface area contributed by atoms with Gasteiger partial charge in [0.1, 0.15) is 5.60 Å². The normalized spacial score (nSPS) is 18.6. The van der Waals surface area contributed by atoms with E-state index in [1.54, 1.807) is 0 Å². The van der Waals surface area contributed by atoms with Crippen molar-refractivity contribution in [2.45, 2.75) is 52.6 Å². The largest absolute Gasteiger partial charge is 0.454 e. The fourth-order valence-corrected chi connectivity index (χ4v) is 3.69. The summed E-state index contributed by atoms with van der Waals surface area (Å²) in [7, 11) is 0. The molecule has 172 valence electrons. The second-order valence-electron chi connectivity index (χ2n) is 9.02. The van der Waals surface area contributed by atoms with E-state index < -0.39 is 5.60 Å².